The summed E-state index contributed by atoms with van der Waals surface area (Å²) >= 11 is 0. The molecule has 0 aliphatic heterocycles. The summed E-state index contributed by atoms with van der Waals surface area (Å²) in [7, 11) is 0. The maximum Gasteiger partial charge on any atom is 0.387 e. The quantitative estimate of drug-likeness (QED) is 0.466. The third kappa shape index (κ3) is 6.55. The van der Waals surface area contributed by atoms with Gasteiger partial charge < -0.3 is 15.8 Å². The number of aliphatic imine (C=N–C) groups is 1. The van der Waals surface area contributed by atoms with E-state index in [-0.39, 0.29) is 42.2 Å². The summed E-state index contributed by atoms with van der Waals surface area (Å²) in [5.74, 6) is 0.408. The predicted molar refractivity (Wildman–Crippen MR) is 82.2 cm³/mol. The number of aryl methyl sites for hydroxylation is 1. The van der Waals surface area contributed by atoms with Crippen LogP contribution in [-0.2, 0) is 6.54 Å². The van der Waals surface area contributed by atoms with E-state index < -0.39 is 6.61 Å². The Bertz CT molecular complexity index is 427. The van der Waals surface area contributed by atoms with Crippen molar-refractivity contribution in [1.82, 2.24) is 5.32 Å². The van der Waals surface area contributed by atoms with Crippen molar-refractivity contribution < 1.29 is 13.5 Å². The number of guanidine groups is 1. The van der Waals surface area contributed by atoms with E-state index in [4.69, 9.17) is 5.73 Å². The van der Waals surface area contributed by atoms with Crippen molar-refractivity contribution in [3.8, 4) is 5.75 Å². The second-order valence-corrected chi connectivity index (χ2v) is 3.72. The van der Waals surface area contributed by atoms with Gasteiger partial charge in [-0.3, -0.25) is 0 Å². The number of nitrogens with two attached hydrogens (primary N) is 1. The lowest BCUT2D eigenvalue weighted by Crippen LogP contribution is -2.31. The largest absolute Gasteiger partial charge is 0.434 e. The average Bonchev–Trinajstić information content (AvgIpc) is 2.29. The third-order valence-electron chi connectivity index (χ3n) is 2.21. The van der Waals surface area contributed by atoms with E-state index in [0.29, 0.717) is 12.1 Å². The van der Waals surface area contributed by atoms with Crippen LogP contribution in [0.15, 0.2) is 23.2 Å². The van der Waals surface area contributed by atoms with Crippen molar-refractivity contribution in [3.05, 3.63) is 29.3 Å². The third-order valence-corrected chi connectivity index (χ3v) is 2.21. The Morgan fingerprint density at radius 3 is 2.74 bits per heavy atom. The highest BCUT2D eigenvalue weighted by Crippen LogP contribution is 2.22. The highest BCUT2D eigenvalue weighted by atomic mass is 127. The number of rotatable bonds is 5. The Balaban J connectivity index is 0.00000324. The summed E-state index contributed by atoms with van der Waals surface area (Å²) in [6.07, 6.45) is 0. The molecular weight excluding hydrogens is 367 g/mol. The van der Waals surface area contributed by atoms with Gasteiger partial charge in [-0.1, -0.05) is 17.7 Å². The normalized spacial score (nSPS) is 11.1. The fourth-order valence-electron chi connectivity index (χ4n) is 1.45. The minimum atomic E-state index is -2.85. The lowest BCUT2D eigenvalue weighted by atomic mass is 10.1. The first kappa shape index (κ1) is 17.9. The maximum atomic E-state index is 12.2. The molecule has 1 aromatic carbocycles. The molecule has 0 bridgehead atoms. The summed E-state index contributed by atoms with van der Waals surface area (Å²) in [5.41, 5.74) is 7.10. The number of halogens is 3. The molecule has 0 spiro atoms. The first-order valence-corrected chi connectivity index (χ1v) is 5.61. The number of hydrogen-bond acceptors (Lipinski definition) is 2. The van der Waals surface area contributed by atoms with Crippen molar-refractivity contribution in [2.24, 2.45) is 10.7 Å². The van der Waals surface area contributed by atoms with Gasteiger partial charge in [-0.05, 0) is 19.9 Å². The monoisotopic (exact) mass is 385 g/mol. The molecule has 0 saturated carbocycles. The van der Waals surface area contributed by atoms with Gasteiger partial charge in [-0.15, -0.1) is 24.0 Å². The van der Waals surface area contributed by atoms with Crippen LogP contribution in [0.3, 0.4) is 0 Å². The van der Waals surface area contributed by atoms with Crippen LogP contribution in [0.25, 0.3) is 0 Å². The Hall–Kier alpha value is -1.12. The second kappa shape index (κ2) is 8.89. The molecule has 19 heavy (non-hydrogen) atoms. The topological polar surface area (TPSA) is 59.6 Å². The van der Waals surface area contributed by atoms with Gasteiger partial charge in [-0.2, -0.15) is 8.78 Å². The molecule has 4 nitrogen and oxygen atoms in total. The minimum absolute atomic E-state index is 0. The van der Waals surface area contributed by atoms with E-state index in [2.05, 4.69) is 15.0 Å². The molecule has 0 aliphatic carbocycles. The SMILES string of the molecule is CCNC(N)=NCc1cc(C)ccc1OC(F)F.I. The summed E-state index contributed by atoms with van der Waals surface area (Å²) in [6, 6.07) is 4.97. The van der Waals surface area contributed by atoms with Crippen LogP contribution in [0.1, 0.15) is 18.1 Å². The minimum Gasteiger partial charge on any atom is -0.434 e. The number of hydrogen-bond donors (Lipinski definition) is 2. The first-order valence-electron chi connectivity index (χ1n) is 5.61. The fraction of sp³-hybridized carbons (Fsp3) is 0.417. The van der Waals surface area contributed by atoms with Gasteiger partial charge in [0.25, 0.3) is 0 Å². The molecule has 3 N–H and O–H groups in total. The maximum absolute atomic E-state index is 12.2. The van der Waals surface area contributed by atoms with E-state index in [9.17, 15) is 8.78 Å². The Morgan fingerprint density at radius 2 is 2.16 bits per heavy atom. The summed E-state index contributed by atoms with van der Waals surface area (Å²) in [6.45, 7) is 1.76. The van der Waals surface area contributed by atoms with Crippen molar-refractivity contribution in [3.63, 3.8) is 0 Å². The van der Waals surface area contributed by atoms with Gasteiger partial charge in [0.2, 0.25) is 0 Å². The van der Waals surface area contributed by atoms with Crippen molar-refractivity contribution >= 4 is 29.9 Å². The summed E-state index contributed by atoms with van der Waals surface area (Å²) in [5, 5.41) is 2.83. The zero-order valence-electron chi connectivity index (χ0n) is 10.8. The van der Waals surface area contributed by atoms with Crippen LogP contribution in [0, 0.1) is 6.92 Å². The van der Waals surface area contributed by atoms with Crippen LogP contribution < -0.4 is 15.8 Å². The molecule has 0 heterocycles. The summed E-state index contributed by atoms with van der Waals surface area (Å²) in [4.78, 5) is 4.05. The smallest absolute Gasteiger partial charge is 0.387 e. The van der Waals surface area contributed by atoms with E-state index in [1.807, 2.05) is 13.8 Å². The number of ether oxygens (including phenoxy) is 1. The number of benzene rings is 1. The van der Waals surface area contributed by atoms with Crippen molar-refractivity contribution in [1.29, 1.82) is 0 Å². The van der Waals surface area contributed by atoms with E-state index in [1.54, 1.807) is 12.1 Å². The predicted octanol–water partition coefficient (Wildman–Crippen LogP) is 2.64. The molecular formula is C12H18F2IN3O. The zero-order valence-corrected chi connectivity index (χ0v) is 13.2. The lowest BCUT2D eigenvalue weighted by Gasteiger charge is -2.10. The standard InChI is InChI=1S/C12H17F2N3O.HI/c1-3-16-12(15)17-7-9-6-8(2)4-5-10(9)18-11(13)14;/h4-6,11H,3,7H2,1-2H3,(H3,15,16,17);1H. The highest BCUT2D eigenvalue weighted by Gasteiger charge is 2.09. The Labute approximate surface area is 128 Å². The van der Waals surface area contributed by atoms with Crippen LogP contribution in [0.4, 0.5) is 8.78 Å². The van der Waals surface area contributed by atoms with E-state index in [1.165, 1.54) is 6.07 Å². The van der Waals surface area contributed by atoms with Crippen LogP contribution in [-0.4, -0.2) is 19.1 Å². The fourth-order valence-corrected chi connectivity index (χ4v) is 1.45. The Morgan fingerprint density at radius 1 is 1.47 bits per heavy atom. The van der Waals surface area contributed by atoms with Gasteiger partial charge in [0, 0.05) is 12.1 Å². The van der Waals surface area contributed by atoms with Gasteiger partial charge in [0.1, 0.15) is 5.75 Å². The molecule has 0 aromatic heterocycles. The van der Waals surface area contributed by atoms with Crippen molar-refractivity contribution in [2.45, 2.75) is 27.0 Å². The van der Waals surface area contributed by atoms with E-state index >= 15 is 0 Å². The molecule has 1 aromatic rings. The van der Waals surface area contributed by atoms with Crippen LogP contribution >= 0.6 is 24.0 Å². The average molecular weight is 385 g/mol. The molecule has 0 saturated heterocycles. The Kier molecular flexibility index (Phi) is 8.37. The molecule has 0 fully saturated rings. The molecule has 0 aliphatic rings. The molecule has 0 radical (unpaired) electrons. The van der Waals surface area contributed by atoms with Crippen molar-refractivity contribution in [2.75, 3.05) is 6.54 Å². The van der Waals surface area contributed by atoms with E-state index in [0.717, 1.165) is 5.56 Å². The summed E-state index contributed by atoms with van der Waals surface area (Å²) < 4.78 is 28.9. The first-order chi connectivity index (χ1) is 8.52. The molecule has 0 amide bonds. The number of nitrogens with zero attached hydrogens (tertiary/aromatic N) is 1. The second-order valence-electron chi connectivity index (χ2n) is 3.72. The molecule has 0 unspecified atom stereocenters. The van der Waals surface area contributed by atoms with Gasteiger partial charge in [-0.25, -0.2) is 4.99 Å². The lowest BCUT2D eigenvalue weighted by molar-refractivity contribution is -0.0504. The number of nitrogens with one attached hydrogen (secondary N) is 1. The zero-order chi connectivity index (χ0) is 13.5. The van der Waals surface area contributed by atoms with Gasteiger partial charge >= 0.3 is 6.61 Å². The van der Waals surface area contributed by atoms with Crippen LogP contribution in [0.5, 0.6) is 5.75 Å². The molecule has 7 heteroatoms. The molecule has 108 valence electrons. The molecule has 1 rings (SSSR count). The molecule has 0 atom stereocenters. The van der Waals surface area contributed by atoms with Gasteiger partial charge in [0.05, 0.1) is 6.54 Å². The highest BCUT2D eigenvalue weighted by molar-refractivity contribution is 14.0. The number of alkyl halides is 2. The van der Waals surface area contributed by atoms with Gasteiger partial charge in [0.15, 0.2) is 5.96 Å². The van der Waals surface area contributed by atoms with Crippen LogP contribution in [0.2, 0.25) is 0 Å².